The highest BCUT2D eigenvalue weighted by Gasteiger charge is 2.31. The Labute approximate surface area is 206 Å². The molecule has 1 fully saturated rings. The van der Waals surface area contributed by atoms with Crippen LogP contribution in [0.4, 0.5) is 24.5 Å². The van der Waals surface area contributed by atoms with Crippen LogP contribution in [0, 0.1) is 6.92 Å². The molecular formula is C26H27F3N4O3. The van der Waals surface area contributed by atoms with Crippen LogP contribution in [-0.2, 0) is 6.54 Å². The van der Waals surface area contributed by atoms with Crippen molar-refractivity contribution in [2.45, 2.75) is 19.8 Å². The molecule has 7 nitrogen and oxygen atoms in total. The lowest BCUT2D eigenvalue weighted by Crippen LogP contribution is -2.44. The number of nitrogens with one attached hydrogen (secondary N) is 1. The fourth-order valence-corrected chi connectivity index (χ4v) is 4.08. The largest absolute Gasteiger partial charge is 0.573 e. The molecule has 0 saturated carbocycles. The highest BCUT2D eigenvalue weighted by atomic mass is 19.4. The van der Waals surface area contributed by atoms with Gasteiger partial charge in [0.25, 0.3) is 11.5 Å². The minimum atomic E-state index is -4.80. The number of pyridine rings is 1. The first-order valence-electron chi connectivity index (χ1n) is 11.5. The van der Waals surface area contributed by atoms with Crippen LogP contribution in [0.1, 0.15) is 21.6 Å². The summed E-state index contributed by atoms with van der Waals surface area (Å²) in [5.74, 6) is -1.05. The van der Waals surface area contributed by atoms with Gasteiger partial charge in [0.05, 0.1) is 6.54 Å². The van der Waals surface area contributed by atoms with Crippen molar-refractivity contribution in [3.8, 4) is 5.75 Å². The third-order valence-electron chi connectivity index (χ3n) is 6.10. The normalized spacial score (nSPS) is 14.5. The summed E-state index contributed by atoms with van der Waals surface area (Å²) in [6.45, 7) is 5.93. The molecule has 0 unspecified atom stereocenters. The molecule has 0 aliphatic carbocycles. The van der Waals surface area contributed by atoms with Gasteiger partial charge in [0, 0.05) is 43.2 Å². The number of amides is 1. The van der Waals surface area contributed by atoms with Gasteiger partial charge in [-0.3, -0.25) is 9.59 Å². The quantitative estimate of drug-likeness (QED) is 0.552. The SMILES string of the molecule is Cc1ccc(C(=O)Nc2ccc(OC(F)(F)F)cc2)c(=O)n1Cc1cccc(N2CCN(C)CC2)c1. The number of alkyl halides is 3. The number of halogens is 3. The van der Waals surface area contributed by atoms with Gasteiger partial charge >= 0.3 is 6.36 Å². The standard InChI is InChI=1S/C26H27F3N4O3/c1-18-6-11-23(24(34)30-20-7-9-22(10-8-20)36-26(27,28)29)25(35)33(18)17-19-4-3-5-21(16-19)32-14-12-31(2)13-15-32/h3-11,16H,12-15,17H2,1-2H3,(H,30,34). The smallest absolute Gasteiger partial charge is 0.406 e. The molecule has 0 atom stereocenters. The minimum absolute atomic E-state index is 0.0635. The molecule has 0 bridgehead atoms. The molecule has 3 aromatic rings. The van der Waals surface area contributed by atoms with Crippen molar-refractivity contribution < 1.29 is 22.7 Å². The van der Waals surface area contributed by atoms with Crippen LogP contribution in [0.3, 0.4) is 0 Å². The number of aryl methyl sites for hydroxylation is 1. The average Bonchev–Trinajstić information content (AvgIpc) is 2.83. The molecule has 10 heteroatoms. The minimum Gasteiger partial charge on any atom is -0.406 e. The van der Waals surface area contributed by atoms with Gasteiger partial charge < -0.3 is 24.4 Å². The van der Waals surface area contributed by atoms with Gasteiger partial charge in [-0.15, -0.1) is 13.2 Å². The average molecular weight is 501 g/mol. The highest BCUT2D eigenvalue weighted by Crippen LogP contribution is 2.24. The first-order valence-corrected chi connectivity index (χ1v) is 11.5. The zero-order chi connectivity index (χ0) is 25.9. The monoisotopic (exact) mass is 500 g/mol. The lowest BCUT2D eigenvalue weighted by Gasteiger charge is -2.34. The Morgan fingerprint density at radius 1 is 1.00 bits per heavy atom. The molecule has 1 saturated heterocycles. The van der Waals surface area contributed by atoms with E-state index in [9.17, 15) is 22.8 Å². The number of benzene rings is 2. The summed E-state index contributed by atoms with van der Waals surface area (Å²) in [4.78, 5) is 30.6. The van der Waals surface area contributed by atoms with Gasteiger partial charge in [-0.1, -0.05) is 12.1 Å². The number of carbonyl (C=O) groups is 1. The van der Waals surface area contributed by atoms with E-state index in [4.69, 9.17) is 0 Å². The van der Waals surface area contributed by atoms with E-state index >= 15 is 0 Å². The lowest BCUT2D eigenvalue weighted by molar-refractivity contribution is -0.274. The van der Waals surface area contributed by atoms with E-state index in [1.54, 1.807) is 13.0 Å². The molecule has 36 heavy (non-hydrogen) atoms. The Morgan fingerprint density at radius 2 is 1.69 bits per heavy atom. The van der Waals surface area contributed by atoms with Crippen LogP contribution >= 0.6 is 0 Å². The third-order valence-corrected chi connectivity index (χ3v) is 6.10. The van der Waals surface area contributed by atoms with Gasteiger partial charge in [0.15, 0.2) is 0 Å². The van der Waals surface area contributed by atoms with E-state index in [0.717, 1.165) is 49.6 Å². The van der Waals surface area contributed by atoms with Crippen molar-refractivity contribution in [1.82, 2.24) is 9.47 Å². The zero-order valence-corrected chi connectivity index (χ0v) is 20.0. The van der Waals surface area contributed by atoms with E-state index in [2.05, 4.69) is 39.0 Å². The van der Waals surface area contributed by atoms with Crippen LogP contribution < -0.4 is 20.5 Å². The Bertz CT molecular complexity index is 1280. The number of piperazine rings is 1. The lowest BCUT2D eigenvalue weighted by atomic mass is 10.1. The van der Waals surface area contributed by atoms with E-state index in [1.807, 2.05) is 12.1 Å². The second-order valence-corrected chi connectivity index (χ2v) is 8.77. The van der Waals surface area contributed by atoms with Crippen molar-refractivity contribution in [3.63, 3.8) is 0 Å². The van der Waals surface area contributed by atoms with Gasteiger partial charge in [-0.25, -0.2) is 0 Å². The maximum absolute atomic E-state index is 13.2. The highest BCUT2D eigenvalue weighted by molar-refractivity contribution is 6.04. The summed E-state index contributed by atoms with van der Waals surface area (Å²) in [5, 5.41) is 2.56. The second-order valence-electron chi connectivity index (χ2n) is 8.77. The van der Waals surface area contributed by atoms with E-state index in [-0.39, 0.29) is 11.3 Å². The van der Waals surface area contributed by atoms with Crippen molar-refractivity contribution in [3.05, 3.63) is 87.8 Å². The Hall–Kier alpha value is -3.79. The van der Waals surface area contributed by atoms with Gasteiger partial charge in [-0.2, -0.15) is 0 Å². The molecule has 2 aromatic carbocycles. The van der Waals surface area contributed by atoms with Crippen molar-refractivity contribution >= 4 is 17.3 Å². The Morgan fingerprint density at radius 3 is 2.36 bits per heavy atom. The number of likely N-dealkylation sites (N-methyl/N-ethyl adjacent to an activating group) is 1. The maximum Gasteiger partial charge on any atom is 0.573 e. The Balaban J connectivity index is 1.50. The molecular weight excluding hydrogens is 473 g/mol. The summed E-state index contributed by atoms with van der Waals surface area (Å²) >= 11 is 0. The first-order chi connectivity index (χ1) is 17.1. The molecule has 2 heterocycles. The number of hydrogen-bond donors (Lipinski definition) is 1. The number of ether oxygens (including phenoxy) is 1. The van der Waals surface area contributed by atoms with E-state index in [1.165, 1.54) is 22.8 Å². The molecule has 1 aromatic heterocycles. The summed E-state index contributed by atoms with van der Waals surface area (Å²) in [7, 11) is 2.10. The summed E-state index contributed by atoms with van der Waals surface area (Å²) < 4.78 is 42.4. The second kappa shape index (κ2) is 10.4. The number of hydrogen-bond acceptors (Lipinski definition) is 5. The number of carbonyl (C=O) groups excluding carboxylic acids is 1. The van der Waals surface area contributed by atoms with E-state index in [0.29, 0.717) is 12.2 Å². The summed E-state index contributed by atoms with van der Waals surface area (Å²) in [5.41, 5.74) is 2.46. The maximum atomic E-state index is 13.2. The molecule has 0 radical (unpaired) electrons. The van der Waals surface area contributed by atoms with Crippen molar-refractivity contribution in [1.29, 1.82) is 0 Å². The molecule has 0 spiro atoms. The number of nitrogens with zero attached hydrogens (tertiary/aromatic N) is 3. The van der Waals surface area contributed by atoms with E-state index < -0.39 is 23.6 Å². The number of anilines is 2. The fourth-order valence-electron chi connectivity index (χ4n) is 4.08. The topological polar surface area (TPSA) is 66.8 Å². The van der Waals surface area contributed by atoms with Crippen LogP contribution in [-0.4, -0.2) is 55.0 Å². The first kappa shape index (κ1) is 25.3. The molecule has 1 aliphatic rings. The van der Waals surface area contributed by atoms with Gasteiger partial charge in [0.2, 0.25) is 0 Å². The number of rotatable bonds is 6. The molecule has 1 N–H and O–H groups in total. The van der Waals surface area contributed by atoms with Crippen LogP contribution in [0.5, 0.6) is 5.75 Å². The molecule has 1 amide bonds. The van der Waals surface area contributed by atoms with Crippen molar-refractivity contribution in [2.24, 2.45) is 0 Å². The van der Waals surface area contributed by atoms with Crippen LogP contribution in [0.15, 0.2) is 65.5 Å². The zero-order valence-electron chi connectivity index (χ0n) is 20.0. The number of aromatic nitrogens is 1. The van der Waals surface area contributed by atoms with Gasteiger partial charge in [-0.05, 0) is 68.1 Å². The molecule has 4 rings (SSSR count). The third kappa shape index (κ3) is 6.25. The molecule has 190 valence electrons. The predicted octanol–water partition coefficient (Wildman–Crippen LogP) is 4.11. The van der Waals surface area contributed by atoms with Crippen molar-refractivity contribution in [2.75, 3.05) is 43.4 Å². The molecule has 1 aliphatic heterocycles. The van der Waals surface area contributed by atoms with Crippen LogP contribution in [0.2, 0.25) is 0 Å². The van der Waals surface area contributed by atoms with Crippen LogP contribution in [0.25, 0.3) is 0 Å². The summed E-state index contributed by atoms with van der Waals surface area (Å²) in [6, 6.07) is 15.9. The van der Waals surface area contributed by atoms with Gasteiger partial charge in [0.1, 0.15) is 11.3 Å². The Kier molecular flexibility index (Phi) is 7.35. The predicted molar refractivity (Wildman–Crippen MR) is 132 cm³/mol. The summed E-state index contributed by atoms with van der Waals surface area (Å²) in [6.07, 6.45) is -4.80. The fraction of sp³-hybridized carbons (Fsp3) is 0.308.